The summed E-state index contributed by atoms with van der Waals surface area (Å²) in [4.78, 5) is 27.1. The lowest BCUT2D eigenvalue weighted by atomic mass is 10.1. The van der Waals surface area contributed by atoms with Crippen molar-refractivity contribution in [1.82, 2.24) is 14.7 Å². The monoisotopic (exact) mass is 401 g/mol. The lowest BCUT2D eigenvalue weighted by Gasteiger charge is -2.14. The van der Waals surface area contributed by atoms with Gasteiger partial charge in [-0.3, -0.25) is 14.3 Å². The third kappa shape index (κ3) is 3.61. The summed E-state index contributed by atoms with van der Waals surface area (Å²) in [5.74, 6) is -0.543. The molecule has 0 unspecified atom stereocenters. The molecule has 150 valence electrons. The molecule has 0 bridgehead atoms. The van der Waals surface area contributed by atoms with Crippen molar-refractivity contribution in [3.8, 4) is 17.5 Å². The van der Waals surface area contributed by atoms with Gasteiger partial charge in [-0.2, -0.15) is 5.26 Å². The van der Waals surface area contributed by atoms with Crippen molar-refractivity contribution in [2.24, 2.45) is 5.92 Å². The van der Waals surface area contributed by atoms with Crippen LogP contribution >= 0.6 is 0 Å². The molecular weight excluding hydrogens is 382 g/mol. The fourth-order valence-corrected chi connectivity index (χ4v) is 3.41. The summed E-state index contributed by atoms with van der Waals surface area (Å²) in [7, 11) is 0. The second-order valence-electron chi connectivity index (χ2n) is 7.36. The van der Waals surface area contributed by atoms with E-state index >= 15 is 0 Å². The minimum absolute atomic E-state index is 0.134. The largest absolute Gasteiger partial charge is 0.439 e. The lowest BCUT2D eigenvalue weighted by Crippen LogP contribution is -2.19. The zero-order valence-corrected chi connectivity index (χ0v) is 16.5. The molecule has 2 N–H and O–H groups in total. The summed E-state index contributed by atoms with van der Waals surface area (Å²) in [5.41, 5.74) is 2.66. The van der Waals surface area contributed by atoms with E-state index < -0.39 is 5.76 Å². The van der Waals surface area contributed by atoms with Crippen molar-refractivity contribution in [2.45, 2.75) is 20.4 Å². The van der Waals surface area contributed by atoms with Crippen LogP contribution in [0.15, 0.2) is 57.8 Å². The first-order chi connectivity index (χ1) is 14.5. The number of fused-ring (bicyclic) bond motifs is 1. The standard InChI is InChI=1S/C22H19N5O3/c1-13(2)12-27-18-6-4-3-5-15(18)10-19(27)21(28)24-17-8-7-14(11-23)9-16(17)20-25-22(29)30-26-20/h3-10,13H,12H2,1-2H3,(H,24,28)(H,25,26,29). The predicted molar refractivity (Wildman–Crippen MR) is 112 cm³/mol. The van der Waals surface area contributed by atoms with Crippen LogP contribution in [0.5, 0.6) is 0 Å². The number of anilines is 1. The molecule has 0 aliphatic rings. The van der Waals surface area contributed by atoms with E-state index in [1.165, 1.54) is 6.07 Å². The molecule has 2 aromatic carbocycles. The van der Waals surface area contributed by atoms with E-state index in [0.717, 1.165) is 10.9 Å². The third-order valence-electron chi connectivity index (χ3n) is 4.68. The van der Waals surface area contributed by atoms with Crippen molar-refractivity contribution in [1.29, 1.82) is 5.26 Å². The molecule has 0 fully saturated rings. The number of para-hydroxylation sites is 1. The van der Waals surface area contributed by atoms with Gasteiger partial charge in [0, 0.05) is 23.0 Å². The molecule has 0 aliphatic heterocycles. The topological polar surface area (TPSA) is 117 Å². The Morgan fingerprint density at radius 1 is 1.27 bits per heavy atom. The highest BCUT2D eigenvalue weighted by molar-refractivity contribution is 6.08. The number of nitriles is 1. The normalized spacial score (nSPS) is 11.0. The Morgan fingerprint density at radius 2 is 2.07 bits per heavy atom. The van der Waals surface area contributed by atoms with E-state index in [1.807, 2.05) is 41.0 Å². The minimum Gasteiger partial charge on any atom is -0.336 e. The number of hydrogen-bond acceptors (Lipinski definition) is 5. The van der Waals surface area contributed by atoms with E-state index in [2.05, 4.69) is 33.8 Å². The molecule has 2 heterocycles. The number of H-pyrrole nitrogens is 1. The number of carbonyl (C=O) groups excluding carboxylic acids is 1. The maximum absolute atomic E-state index is 13.2. The van der Waals surface area contributed by atoms with E-state index in [9.17, 15) is 14.9 Å². The molecule has 1 amide bonds. The van der Waals surface area contributed by atoms with Gasteiger partial charge in [0.25, 0.3) is 5.91 Å². The molecule has 0 saturated heterocycles. The molecule has 0 radical (unpaired) electrons. The number of nitrogens with one attached hydrogen (secondary N) is 2. The number of rotatable bonds is 5. The Bertz CT molecular complexity index is 1340. The Kier molecular flexibility index (Phi) is 4.94. The Morgan fingerprint density at radius 3 is 2.77 bits per heavy atom. The first-order valence-corrected chi connectivity index (χ1v) is 9.46. The smallest absolute Gasteiger partial charge is 0.336 e. The Hall–Kier alpha value is -4.12. The number of carbonyl (C=O) groups is 1. The van der Waals surface area contributed by atoms with Crippen LogP contribution in [0.1, 0.15) is 29.9 Å². The van der Waals surface area contributed by atoms with Crippen LogP contribution < -0.4 is 11.1 Å². The molecule has 30 heavy (non-hydrogen) atoms. The van der Waals surface area contributed by atoms with Crippen LogP contribution in [0.2, 0.25) is 0 Å². The van der Waals surface area contributed by atoms with Gasteiger partial charge in [-0.05, 0) is 36.2 Å². The molecule has 0 atom stereocenters. The summed E-state index contributed by atoms with van der Waals surface area (Å²) < 4.78 is 6.58. The number of hydrogen-bond donors (Lipinski definition) is 2. The van der Waals surface area contributed by atoms with Gasteiger partial charge in [-0.25, -0.2) is 4.79 Å². The summed E-state index contributed by atoms with van der Waals surface area (Å²) in [6.45, 7) is 4.87. The Labute approximate surface area is 171 Å². The zero-order valence-electron chi connectivity index (χ0n) is 16.5. The molecule has 8 heteroatoms. The van der Waals surface area contributed by atoms with Crippen LogP contribution in [-0.2, 0) is 6.54 Å². The number of benzene rings is 2. The maximum Gasteiger partial charge on any atom is 0.439 e. The first-order valence-electron chi connectivity index (χ1n) is 9.46. The number of aromatic nitrogens is 3. The summed E-state index contributed by atoms with van der Waals surface area (Å²) in [6, 6.07) is 16.5. The van der Waals surface area contributed by atoms with Crippen molar-refractivity contribution in [3.63, 3.8) is 0 Å². The maximum atomic E-state index is 13.2. The van der Waals surface area contributed by atoms with Gasteiger partial charge in [0.2, 0.25) is 0 Å². The van der Waals surface area contributed by atoms with E-state index in [-0.39, 0.29) is 11.7 Å². The zero-order chi connectivity index (χ0) is 21.3. The Balaban J connectivity index is 1.77. The number of nitrogens with zero attached hydrogens (tertiary/aromatic N) is 3. The molecule has 2 aromatic heterocycles. The number of aromatic amines is 1. The molecule has 4 rings (SSSR count). The molecule has 0 spiro atoms. The molecule has 4 aromatic rings. The van der Waals surface area contributed by atoms with Gasteiger partial charge in [0.1, 0.15) is 5.69 Å². The van der Waals surface area contributed by atoms with Gasteiger partial charge in [0.15, 0.2) is 5.82 Å². The average molecular weight is 401 g/mol. The fourth-order valence-electron chi connectivity index (χ4n) is 3.41. The SMILES string of the molecule is CC(C)Cn1c(C(=O)Nc2ccc(C#N)cc2-c2noc(=O)[nH]2)cc2ccccc21. The first kappa shape index (κ1) is 19.2. The summed E-state index contributed by atoms with van der Waals surface area (Å²) in [6.07, 6.45) is 0. The van der Waals surface area contributed by atoms with Crippen LogP contribution in [0.4, 0.5) is 5.69 Å². The van der Waals surface area contributed by atoms with Crippen LogP contribution in [0.3, 0.4) is 0 Å². The minimum atomic E-state index is -0.721. The van der Waals surface area contributed by atoms with Crippen molar-refractivity contribution in [2.75, 3.05) is 5.32 Å². The van der Waals surface area contributed by atoms with Gasteiger partial charge in [-0.1, -0.05) is 37.2 Å². The van der Waals surface area contributed by atoms with Gasteiger partial charge >= 0.3 is 5.76 Å². The summed E-state index contributed by atoms with van der Waals surface area (Å²) >= 11 is 0. The molecular formula is C22H19N5O3. The quantitative estimate of drug-likeness (QED) is 0.528. The van der Waals surface area contributed by atoms with E-state index in [1.54, 1.807) is 12.1 Å². The van der Waals surface area contributed by atoms with E-state index in [0.29, 0.717) is 35.0 Å². The molecule has 0 aliphatic carbocycles. The van der Waals surface area contributed by atoms with Crippen LogP contribution in [-0.4, -0.2) is 20.6 Å². The second kappa shape index (κ2) is 7.72. The van der Waals surface area contributed by atoms with Crippen molar-refractivity contribution in [3.05, 3.63) is 70.3 Å². The number of amides is 1. The average Bonchev–Trinajstić information content (AvgIpc) is 3.32. The fraction of sp³-hybridized carbons (Fsp3) is 0.182. The summed E-state index contributed by atoms with van der Waals surface area (Å²) in [5, 5.41) is 16.8. The predicted octanol–water partition coefficient (Wildman–Crippen LogP) is 3.76. The molecule has 8 nitrogen and oxygen atoms in total. The van der Waals surface area contributed by atoms with E-state index in [4.69, 9.17) is 0 Å². The van der Waals surface area contributed by atoms with Gasteiger partial charge in [-0.15, -0.1) is 0 Å². The van der Waals surface area contributed by atoms with Crippen LogP contribution in [0.25, 0.3) is 22.3 Å². The highest BCUT2D eigenvalue weighted by atomic mass is 16.5. The highest BCUT2D eigenvalue weighted by Gasteiger charge is 2.19. The third-order valence-corrected chi connectivity index (χ3v) is 4.68. The van der Waals surface area contributed by atoms with Gasteiger partial charge < -0.3 is 9.88 Å². The molecule has 0 saturated carbocycles. The second-order valence-corrected chi connectivity index (χ2v) is 7.36. The lowest BCUT2D eigenvalue weighted by molar-refractivity contribution is 0.101. The van der Waals surface area contributed by atoms with Crippen molar-refractivity contribution >= 4 is 22.5 Å². The highest BCUT2D eigenvalue weighted by Crippen LogP contribution is 2.28. The van der Waals surface area contributed by atoms with Crippen molar-refractivity contribution < 1.29 is 9.32 Å². The van der Waals surface area contributed by atoms with Gasteiger partial charge in [0.05, 0.1) is 17.3 Å². The van der Waals surface area contributed by atoms with Crippen LogP contribution in [0, 0.1) is 17.2 Å².